The molecule has 2 aliphatic heterocycles. The Labute approximate surface area is 227 Å². The number of carbonyl (C=O) groups is 1. The van der Waals surface area contributed by atoms with Gasteiger partial charge >= 0.3 is 5.97 Å². The van der Waals surface area contributed by atoms with Gasteiger partial charge in [-0.2, -0.15) is 4.68 Å². The summed E-state index contributed by atoms with van der Waals surface area (Å²) in [7, 11) is 0. The molecule has 10 heteroatoms. The number of aliphatic carboxylic acids is 1. The van der Waals surface area contributed by atoms with Crippen LogP contribution in [0, 0.1) is 0 Å². The number of pyridine rings is 1. The maximum atomic E-state index is 13.5. The molecule has 4 heterocycles. The second-order valence-corrected chi connectivity index (χ2v) is 10.3. The molecular weight excluding hydrogens is 516 g/mol. The number of fused-ring (bicyclic) bond motifs is 2. The molecule has 1 N–H and O–H groups in total. The van der Waals surface area contributed by atoms with Gasteiger partial charge in [0.1, 0.15) is 6.33 Å². The Morgan fingerprint density at radius 1 is 1.05 bits per heavy atom. The largest absolute Gasteiger partial charge is 0.478 e. The standard InChI is InChI=1S/C29H21ClN6O3/c30-20-4-7-26(35-15-32-33-34-35)24(13-20)18-9-21-5-8-27(36(21)28(37)12-18)25-11-19(14-31-25)17-2-1-16-3-6-22(29(38)39)23(16)10-17/h1-2,4,6-7,9-10,12-15,27H,3,5,8,11H2,(H,38,39)/t27-/m0/s1. The lowest BCUT2D eigenvalue weighted by atomic mass is 9.95. The van der Waals surface area contributed by atoms with E-state index in [1.54, 1.807) is 22.9 Å². The smallest absolute Gasteiger partial charge is 0.335 e. The van der Waals surface area contributed by atoms with E-state index in [0.29, 0.717) is 23.4 Å². The van der Waals surface area contributed by atoms with Crippen LogP contribution in [0.3, 0.4) is 0 Å². The van der Waals surface area contributed by atoms with Gasteiger partial charge in [0.15, 0.2) is 0 Å². The van der Waals surface area contributed by atoms with E-state index in [0.717, 1.165) is 63.3 Å². The summed E-state index contributed by atoms with van der Waals surface area (Å²) in [5.74, 6) is -0.910. The average Bonchev–Trinajstić information content (AvgIpc) is 3.73. The Kier molecular flexibility index (Phi) is 5.41. The molecule has 3 aliphatic rings. The molecule has 0 saturated carbocycles. The minimum absolute atomic E-state index is 0.0995. The van der Waals surface area contributed by atoms with Gasteiger partial charge in [-0.05, 0) is 87.8 Å². The van der Waals surface area contributed by atoms with Gasteiger partial charge in [0.25, 0.3) is 5.56 Å². The van der Waals surface area contributed by atoms with Crippen molar-refractivity contribution in [3.8, 4) is 16.8 Å². The van der Waals surface area contributed by atoms with Crippen LogP contribution in [0.1, 0.15) is 41.3 Å². The Balaban J connectivity index is 1.17. The number of aromatic nitrogens is 5. The Bertz CT molecular complexity index is 1830. The third-order valence-corrected chi connectivity index (χ3v) is 7.90. The molecule has 9 nitrogen and oxygen atoms in total. The summed E-state index contributed by atoms with van der Waals surface area (Å²) in [6.45, 7) is 0. The lowest BCUT2D eigenvalue weighted by Crippen LogP contribution is -2.27. The number of aryl methyl sites for hydroxylation is 1. The van der Waals surface area contributed by atoms with E-state index in [4.69, 9.17) is 16.6 Å². The van der Waals surface area contributed by atoms with Crippen molar-refractivity contribution in [3.63, 3.8) is 0 Å². The molecule has 0 fully saturated rings. The van der Waals surface area contributed by atoms with Crippen molar-refractivity contribution in [1.82, 2.24) is 24.8 Å². The molecule has 0 saturated heterocycles. The number of nitrogens with zero attached hydrogens (tertiary/aromatic N) is 6. The molecule has 0 unspecified atom stereocenters. The zero-order valence-corrected chi connectivity index (χ0v) is 21.3. The number of halogens is 1. The van der Waals surface area contributed by atoms with E-state index in [1.807, 2.05) is 47.2 Å². The van der Waals surface area contributed by atoms with E-state index < -0.39 is 5.97 Å². The van der Waals surface area contributed by atoms with Crippen molar-refractivity contribution in [2.24, 2.45) is 4.99 Å². The SMILES string of the molecule is O=C(O)C1=CCc2ccc(C3=CN=C([C@@H]4CCc5cc(-c6cc(Cl)ccc6-n6cnnn6)cc(=O)n54)C3)cc21. The maximum absolute atomic E-state index is 13.5. The quantitative estimate of drug-likeness (QED) is 0.400. The number of hydrogen-bond donors (Lipinski definition) is 1. The normalized spacial score (nSPS) is 17.5. The number of tetrazole rings is 1. The minimum atomic E-state index is -0.910. The van der Waals surface area contributed by atoms with Crippen LogP contribution >= 0.6 is 11.6 Å². The van der Waals surface area contributed by atoms with Crippen LogP contribution in [0.5, 0.6) is 0 Å². The number of carboxylic acid groups (broad SMARTS) is 1. The average molecular weight is 537 g/mol. The number of aliphatic imine (C=N–C) groups is 1. The highest BCUT2D eigenvalue weighted by molar-refractivity contribution is 6.31. The topological polar surface area (TPSA) is 115 Å². The fourth-order valence-electron chi connectivity index (χ4n) is 5.83. The Morgan fingerprint density at radius 3 is 2.77 bits per heavy atom. The minimum Gasteiger partial charge on any atom is -0.478 e. The van der Waals surface area contributed by atoms with E-state index in [1.165, 1.54) is 6.33 Å². The van der Waals surface area contributed by atoms with Gasteiger partial charge in [0, 0.05) is 40.7 Å². The number of hydrogen-bond acceptors (Lipinski definition) is 6. The molecule has 2 aromatic carbocycles. The monoisotopic (exact) mass is 536 g/mol. The highest BCUT2D eigenvalue weighted by atomic mass is 35.5. The molecule has 0 bridgehead atoms. The van der Waals surface area contributed by atoms with Crippen LogP contribution < -0.4 is 5.56 Å². The first-order valence-corrected chi connectivity index (χ1v) is 13.0. The molecule has 1 atom stereocenters. The summed E-state index contributed by atoms with van der Waals surface area (Å²) >= 11 is 6.32. The van der Waals surface area contributed by atoms with Crippen LogP contribution in [0.15, 0.2) is 76.9 Å². The maximum Gasteiger partial charge on any atom is 0.335 e. The van der Waals surface area contributed by atoms with Crippen LogP contribution in [0.2, 0.25) is 5.02 Å². The summed E-state index contributed by atoms with van der Waals surface area (Å²) in [6, 6.07) is 14.9. The molecule has 0 amide bonds. The molecule has 1 aliphatic carbocycles. The van der Waals surface area contributed by atoms with E-state index >= 15 is 0 Å². The van der Waals surface area contributed by atoms with E-state index in [-0.39, 0.29) is 11.6 Å². The van der Waals surface area contributed by atoms with E-state index in [9.17, 15) is 14.7 Å². The summed E-state index contributed by atoms with van der Waals surface area (Å²) in [4.78, 5) is 29.8. The van der Waals surface area contributed by atoms with Crippen molar-refractivity contribution in [3.05, 3.63) is 105 Å². The van der Waals surface area contributed by atoms with Gasteiger partial charge in [-0.1, -0.05) is 29.8 Å². The Morgan fingerprint density at radius 2 is 1.95 bits per heavy atom. The first kappa shape index (κ1) is 23.5. The second kappa shape index (κ2) is 8.99. The first-order valence-electron chi connectivity index (χ1n) is 12.6. The lowest BCUT2D eigenvalue weighted by Gasteiger charge is -2.17. The van der Waals surface area contributed by atoms with Crippen molar-refractivity contribution >= 4 is 34.4 Å². The molecular formula is C29H21ClN6O3. The van der Waals surface area contributed by atoms with Crippen LogP contribution in [-0.4, -0.2) is 41.6 Å². The zero-order valence-electron chi connectivity index (χ0n) is 20.6. The molecule has 39 heavy (non-hydrogen) atoms. The molecule has 0 radical (unpaired) electrons. The fraction of sp³-hybridized carbons (Fsp3) is 0.172. The molecule has 4 aromatic rings. The third-order valence-electron chi connectivity index (χ3n) is 7.67. The van der Waals surface area contributed by atoms with Gasteiger partial charge in [0.05, 0.1) is 17.3 Å². The fourth-order valence-corrected chi connectivity index (χ4v) is 6.01. The van der Waals surface area contributed by atoms with Crippen molar-refractivity contribution in [2.45, 2.75) is 31.7 Å². The predicted molar refractivity (Wildman–Crippen MR) is 147 cm³/mol. The molecule has 2 aromatic heterocycles. The van der Waals surface area contributed by atoms with Gasteiger partial charge < -0.3 is 9.67 Å². The van der Waals surface area contributed by atoms with Crippen LogP contribution in [0.4, 0.5) is 0 Å². The van der Waals surface area contributed by atoms with Gasteiger partial charge in [-0.3, -0.25) is 9.79 Å². The molecule has 0 spiro atoms. The van der Waals surface area contributed by atoms with E-state index in [2.05, 4.69) is 15.5 Å². The van der Waals surface area contributed by atoms with Crippen LogP contribution in [0.25, 0.3) is 28.0 Å². The highest BCUT2D eigenvalue weighted by Crippen LogP contribution is 2.37. The van der Waals surface area contributed by atoms with Gasteiger partial charge in [-0.15, -0.1) is 5.10 Å². The third kappa shape index (κ3) is 3.93. The highest BCUT2D eigenvalue weighted by Gasteiger charge is 2.31. The number of carboxylic acids is 1. The number of allylic oxidation sites excluding steroid dienone is 2. The predicted octanol–water partition coefficient (Wildman–Crippen LogP) is 4.54. The lowest BCUT2D eigenvalue weighted by molar-refractivity contribution is -0.130. The number of rotatable bonds is 5. The first-order chi connectivity index (χ1) is 19.0. The summed E-state index contributed by atoms with van der Waals surface area (Å²) in [5.41, 5.74) is 8.15. The van der Waals surface area contributed by atoms with Gasteiger partial charge in [0.2, 0.25) is 0 Å². The Hall–Kier alpha value is -4.63. The van der Waals surface area contributed by atoms with Crippen LogP contribution in [-0.2, 0) is 17.6 Å². The number of benzene rings is 2. The van der Waals surface area contributed by atoms with Gasteiger partial charge in [-0.25, -0.2) is 4.79 Å². The van der Waals surface area contributed by atoms with Crippen molar-refractivity contribution in [2.75, 3.05) is 0 Å². The summed E-state index contributed by atoms with van der Waals surface area (Å²) in [5, 5.41) is 21.5. The molecule has 7 rings (SSSR count). The summed E-state index contributed by atoms with van der Waals surface area (Å²) < 4.78 is 3.39. The van der Waals surface area contributed by atoms with Crippen molar-refractivity contribution < 1.29 is 9.90 Å². The second-order valence-electron chi connectivity index (χ2n) is 9.86. The summed E-state index contributed by atoms with van der Waals surface area (Å²) in [6.07, 6.45) is 7.88. The van der Waals surface area contributed by atoms with Crippen molar-refractivity contribution in [1.29, 1.82) is 0 Å². The molecule has 192 valence electrons. The zero-order chi connectivity index (χ0) is 26.7.